The maximum Gasteiger partial charge on any atom is 0.0991 e. The largest absolute Gasteiger partial charge is 0.247 e. The molecule has 11 aromatic rings. The zero-order valence-electron chi connectivity index (χ0n) is 30.4. The van der Waals surface area contributed by atoms with Crippen LogP contribution in [0.4, 0.5) is 0 Å². The Morgan fingerprint density at radius 2 is 0.750 bits per heavy atom. The molecule has 56 heavy (non-hydrogen) atoms. The lowest BCUT2D eigenvalue weighted by Crippen LogP contribution is -1.95. The zero-order chi connectivity index (χ0) is 37.2. The summed E-state index contributed by atoms with van der Waals surface area (Å²) in [6.45, 7) is 0. The molecule has 0 spiro atoms. The number of nitrogens with zero attached hydrogens (tertiary/aromatic N) is 2. The van der Waals surface area contributed by atoms with Crippen LogP contribution in [-0.2, 0) is 0 Å². The van der Waals surface area contributed by atoms with Crippen LogP contribution >= 0.6 is 0 Å². The highest BCUT2D eigenvalue weighted by Gasteiger charge is 2.19. The molecule has 258 valence electrons. The Labute approximate surface area is 324 Å². The summed E-state index contributed by atoms with van der Waals surface area (Å²) >= 11 is 0. The van der Waals surface area contributed by atoms with E-state index < -0.39 is 0 Å². The van der Waals surface area contributed by atoms with E-state index in [1.165, 1.54) is 59.6 Å². The highest BCUT2D eigenvalue weighted by molar-refractivity contribution is 6.22. The van der Waals surface area contributed by atoms with E-state index in [1.54, 1.807) is 0 Å². The van der Waals surface area contributed by atoms with E-state index in [1.807, 2.05) is 24.3 Å². The van der Waals surface area contributed by atoms with E-state index in [2.05, 4.69) is 176 Å². The van der Waals surface area contributed by atoms with Crippen molar-refractivity contribution in [2.45, 2.75) is 0 Å². The molecule has 1 aromatic heterocycles. The van der Waals surface area contributed by atoms with Crippen molar-refractivity contribution in [3.05, 3.63) is 200 Å². The lowest BCUT2D eigenvalue weighted by Gasteiger charge is -2.18. The number of rotatable bonds is 4. The second kappa shape index (κ2) is 12.8. The molecule has 2 heteroatoms. The van der Waals surface area contributed by atoms with Gasteiger partial charge < -0.3 is 0 Å². The Balaban J connectivity index is 1.23. The van der Waals surface area contributed by atoms with Crippen molar-refractivity contribution in [1.29, 1.82) is 5.26 Å². The fourth-order valence-electron chi connectivity index (χ4n) is 8.78. The number of fused-ring (bicyclic) bond motifs is 9. The summed E-state index contributed by atoms with van der Waals surface area (Å²) in [6, 6.07) is 71.8. The molecule has 0 saturated heterocycles. The van der Waals surface area contributed by atoms with E-state index in [4.69, 9.17) is 4.98 Å². The van der Waals surface area contributed by atoms with Gasteiger partial charge in [0.1, 0.15) is 0 Å². The summed E-state index contributed by atoms with van der Waals surface area (Å²) in [5.41, 5.74) is 10.5. The van der Waals surface area contributed by atoms with Crippen molar-refractivity contribution >= 4 is 64.8 Å². The minimum absolute atomic E-state index is 0.657. The normalized spacial score (nSPS) is 11.6. The molecule has 0 N–H and O–H groups in total. The molecular weight excluding hydrogens is 677 g/mol. The van der Waals surface area contributed by atoms with Gasteiger partial charge in [0.25, 0.3) is 0 Å². The maximum atomic E-state index is 9.37. The summed E-state index contributed by atoms with van der Waals surface area (Å²) in [6.07, 6.45) is 0. The van der Waals surface area contributed by atoms with Crippen LogP contribution in [0, 0.1) is 11.3 Å². The van der Waals surface area contributed by atoms with Gasteiger partial charge in [0.2, 0.25) is 0 Å². The van der Waals surface area contributed by atoms with Crippen molar-refractivity contribution < 1.29 is 0 Å². The van der Waals surface area contributed by atoms with E-state index in [-0.39, 0.29) is 0 Å². The van der Waals surface area contributed by atoms with Crippen LogP contribution < -0.4 is 0 Å². The number of benzene rings is 10. The maximum absolute atomic E-state index is 9.37. The highest BCUT2D eigenvalue weighted by atomic mass is 14.7. The first kappa shape index (κ1) is 31.9. The van der Waals surface area contributed by atoms with Crippen molar-refractivity contribution in [3.8, 4) is 50.7 Å². The monoisotopic (exact) mass is 708 g/mol. The average Bonchev–Trinajstić information content (AvgIpc) is 3.28. The SMILES string of the molecule is N#Cc1ccc(-c2ccc(-c3cc(-c4cc5ccccc5c5ccccc45)nc4c3cc(-c3cc5ccccc5c5ccccc35)c3ccccc34)cc2)cc1. The first-order valence-corrected chi connectivity index (χ1v) is 19.0. The third-order valence-electron chi connectivity index (χ3n) is 11.5. The predicted molar refractivity (Wildman–Crippen MR) is 236 cm³/mol. The summed E-state index contributed by atoms with van der Waals surface area (Å²) in [5.74, 6) is 0. The average molecular weight is 709 g/mol. The first-order valence-electron chi connectivity index (χ1n) is 19.0. The standard InChI is InChI=1S/C54H32N2/c55-33-34-21-23-35(24-22-34)36-25-27-37(28-26-36)48-32-53(51-30-39-12-2-4-14-41(39)43-16-6-8-18-45(43)51)56-54-47-20-10-9-19-46(47)50(31-52(48)54)49-29-38-11-1-3-13-40(38)42-15-5-7-17-44(42)49/h1-32H. The molecule has 0 bridgehead atoms. The van der Waals surface area contributed by atoms with Crippen LogP contribution in [0.3, 0.4) is 0 Å². The van der Waals surface area contributed by atoms with Gasteiger partial charge in [-0.15, -0.1) is 0 Å². The third kappa shape index (κ3) is 5.07. The molecule has 1 heterocycles. The smallest absolute Gasteiger partial charge is 0.0991 e. The number of nitriles is 1. The molecule has 0 aliphatic rings. The van der Waals surface area contributed by atoms with Gasteiger partial charge in [-0.2, -0.15) is 5.26 Å². The van der Waals surface area contributed by atoms with E-state index >= 15 is 0 Å². The van der Waals surface area contributed by atoms with Gasteiger partial charge in [0, 0.05) is 16.3 Å². The third-order valence-corrected chi connectivity index (χ3v) is 11.5. The van der Waals surface area contributed by atoms with Gasteiger partial charge in [-0.1, -0.05) is 158 Å². The van der Waals surface area contributed by atoms with Gasteiger partial charge >= 0.3 is 0 Å². The quantitative estimate of drug-likeness (QED) is 0.171. The van der Waals surface area contributed by atoms with Gasteiger partial charge in [0.15, 0.2) is 0 Å². The molecule has 0 atom stereocenters. The molecule has 0 aliphatic heterocycles. The van der Waals surface area contributed by atoms with E-state index in [9.17, 15) is 5.26 Å². The molecule has 0 fully saturated rings. The topological polar surface area (TPSA) is 36.7 Å². The lowest BCUT2D eigenvalue weighted by molar-refractivity contribution is 1.42. The van der Waals surface area contributed by atoms with Crippen LogP contribution in [0.2, 0.25) is 0 Å². The number of hydrogen-bond acceptors (Lipinski definition) is 2. The minimum Gasteiger partial charge on any atom is -0.247 e. The molecule has 2 nitrogen and oxygen atoms in total. The van der Waals surface area contributed by atoms with Crippen molar-refractivity contribution in [2.24, 2.45) is 0 Å². The van der Waals surface area contributed by atoms with E-state index in [0.717, 1.165) is 49.8 Å². The summed E-state index contributed by atoms with van der Waals surface area (Å²) in [7, 11) is 0. The molecule has 0 amide bonds. The number of aromatic nitrogens is 1. The Bertz CT molecular complexity index is 3410. The van der Waals surface area contributed by atoms with Crippen LogP contribution in [0.25, 0.3) is 109 Å². The van der Waals surface area contributed by atoms with Crippen molar-refractivity contribution in [1.82, 2.24) is 4.98 Å². The fourth-order valence-corrected chi connectivity index (χ4v) is 8.78. The summed E-state index contributed by atoms with van der Waals surface area (Å²) < 4.78 is 0. The molecule has 10 aromatic carbocycles. The minimum atomic E-state index is 0.657. The van der Waals surface area contributed by atoms with Gasteiger partial charge in [0.05, 0.1) is 22.8 Å². The van der Waals surface area contributed by atoms with Crippen molar-refractivity contribution in [3.63, 3.8) is 0 Å². The second-order valence-electron chi connectivity index (χ2n) is 14.6. The molecule has 0 unspecified atom stereocenters. The van der Waals surface area contributed by atoms with Crippen LogP contribution in [0.1, 0.15) is 5.56 Å². The Morgan fingerprint density at radius 3 is 1.34 bits per heavy atom. The van der Waals surface area contributed by atoms with Crippen molar-refractivity contribution in [2.75, 3.05) is 0 Å². The molecule has 0 radical (unpaired) electrons. The van der Waals surface area contributed by atoms with Crippen LogP contribution in [0.15, 0.2) is 194 Å². The fraction of sp³-hybridized carbons (Fsp3) is 0. The molecule has 11 rings (SSSR count). The number of pyridine rings is 1. The Kier molecular flexibility index (Phi) is 7.27. The molecular formula is C54H32N2. The Hall–Kier alpha value is -7.60. The zero-order valence-corrected chi connectivity index (χ0v) is 30.4. The Morgan fingerprint density at radius 1 is 0.321 bits per heavy atom. The van der Waals surface area contributed by atoms with Gasteiger partial charge in [-0.3, -0.25) is 0 Å². The predicted octanol–water partition coefficient (Wildman–Crippen LogP) is 14.5. The highest BCUT2D eigenvalue weighted by Crippen LogP contribution is 2.44. The van der Waals surface area contributed by atoms with Crippen LogP contribution in [-0.4, -0.2) is 4.98 Å². The first-order chi connectivity index (χ1) is 27.7. The summed E-state index contributed by atoms with van der Waals surface area (Å²) in [5, 5.41) is 22.6. The lowest BCUT2D eigenvalue weighted by atomic mass is 9.87. The van der Waals surface area contributed by atoms with Gasteiger partial charge in [-0.05, 0) is 118 Å². The number of hydrogen-bond donors (Lipinski definition) is 0. The van der Waals surface area contributed by atoms with E-state index in [0.29, 0.717) is 5.56 Å². The second-order valence-corrected chi connectivity index (χ2v) is 14.6. The van der Waals surface area contributed by atoms with Crippen LogP contribution in [0.5, 0.6) is 0 Å². The molecule has 0 saturated carbocycles. The summed E-state index contributed by atoms with van der Waals surface area (Å²) in [4.78, 5) is 5.62. The molecule has 0 aliphatic carbocycles. The van der Waals surface area contributed by atoms with Gasteiger partial charge in [-0.25, -0.2) is 4.98 Å².